The molecule has 3 N–H and O–H groups in total. The molecule has 0 fully saturated rings. The Hall–Kier alpha value is -3.19. The highest BCUT2D eigenvalue weighted by Gasteiger charge is 2.14. The van der Waals surface area contributed by atoms with Crippen LogP contribution in [-0.4, -0.2) is 21.9 Å². The van der Waals surface area contributed by atoms with Crippen molar-refractivity contribution < 1.29 is 14.7 Å². The molecule has 0 unspecified atom stereocenters. The van der Waals surface area contributed by atoms with Crippen LogP contribution in [0.25, 0.3) is 0 Å². The van der Waals surface area contributed by atoms with Gasteiger partial charge >= 0.3 is 0 Å². The molecule has 7 heteroatoms. The quantitative estimate of drug-likeness (QED) is 0.614. The van der Waals surface area contributed by atoms with Crippen molar-refractivity contribution in [2.24, 2.45) is 0 Å². The van der Waals surface area contributed by atoms with E-state index in [9.17, 15) is 14.7 Å². The summed E-state index contributed by atoms with van der Waals surface area (Å²) < 4.78 is 0. The molecule has 0 saturated carbocycles. The molecular formula is C18H15N3O3S. The van der Waals surface area contributed by atoms with Gasteiger partial charge in [0.25, 0.3) is 5.91 Å². The molecule has 0 saturated heterocycles. The van der Waals surface area contributed by atoms with Gasteiger partial charge in [0.1, 0.15) is 11.4 Å². The van der Waals surface area contributed by atoms with Crippen molar-refractivity contribution in [3.8, 4) is 5.75 Å². The average Bonchev–Trinajstić information content (AvgIpc) is 3.06. The van der Waals surface area contributed by atoms with E-state index in [0.29, 0.717) is 10.8 Å². The number of hydrogen-bond donors (Lipinski definition) is 3. The van der Waals surface area contributed by atoms with Crippen LogP contribution in [0.4, 0.5) is 10.8 Å². The lowest BCUT2D eigenvalue weighted by Crippen LogP contribution is -2.15. The maximum Gasteiger partial charge on any atom is 0.275 e. The first-order valence-electron chi connectivity index (χ1n) is 7.50. The molecule has 0 spiro atoms. The number of para-hydroxylation sites is 2. The molecule has 0 aliphatic heterocycles. The van der Waals surface area contributed by atoms with Crippen LogP contribution >= 0.6 is 11.3 Å². The summed E-state index contributed by atoms with van der Waals surface area (Å²) in [5.74, 6) is -0.683. The minimum Gasteiger partial charge on any atom is -0.506 e. The highest BCUT2D eigenvalue weighted by molar-refractivity contribution is 7.14. The van der Waals surface area contributed by atoms with Crippen LogP contribution in [-0.2, 0) is 11.2 Å². The number of nitrogens with zero attached hydrogens (tertiary/aromatic N) is 1. The number of aromatic hydroxyl groups is 1. The number of carbonyl (C=O) groups is 2. The zero-order chi connectivity index (χ0) is 17.6. The molecule has 2 amide bonds. The SMILES string of the molecule is O=C(Cc1ccccc1)Nc1nc(C(=O)Nc2ccccc2O)cs1. The standard InChI is InChI=1S/C18H15N3O3S/c22-15-9-5-4-8-13(15)19-17(24)14-11-25-18(20-14)21-16(23)10-12-6-2-1-3-7-12/h1-9,11,22H,10H2,(H,19,24)(H,20,21,23). The fourth-order valence-electron chi connectivity index (χ4n) is 2.15. The Balaban J connectivity index is 1.61. The molecule has 126 valence electrons. The summed E-state index contributed by atoms with van der Waals surface area (Å²) in [6, 6.07) is 15.8. The van der Waals surface area contributed by atoms with Crippen molar-refractivity contribution in [1.82, 2.24) is 4.98 Å². The third-order valence-electron chi connectivity index (χ3n) is 3.34. The van der Waals surface area contributed by atoms with Crippen molar-refractivity contribution in [3.05, 3.63) is 71.2 Å². The van der Waals surface area contributed by atoms with E-state index in [1.54, 1.807) is 23.6 Å². The summed E-state index contributed by atoms with van der Waals surface area (Å²) in [5, 5.41) is 16.8. The number of nitrogens with one attached hydrogen (secondary N) is 2. The Morgan fingerprint density at radius 3 is 2.48 bits per heavy atom. The molecule has 1 aromatic heterocycles. The Labute approximate surface area is 148 Å². The van der Waals surface area contributed by atoms with Crippen LogP contribution in [0.5, 0.6) is 5.75 Å². The van der Waals surface area contributed by atoms with Gasteiger partial charge in [0, 0.05) is 5.38 Å². The summed E-state index contributed by atoms with van der Waals surface area (Å²) in [5.41, 5.74) is 1.37. The predicted molar refractivity (Wildman–Crippen MR) is 96.9 cm³/mol. The van der Waals surface area contributed by atoms with Crippen LogP contribution in [0.15, 0.2) is 60.0 Å². The fraction of sp³-hybridized carbons (Fsp3) is 0.0556. The lowest BCUT2D eigenvalue weighted by atomic mass is 10.1. The van der Waals surface area contributed by atoms with E-state index in [1.165, 1.54) is 17.4 Å². The number of rotatable bonds is 5. The number of thiazole rings is 1. The first-order chi connectivity index (χ1) is 12.1. The summed E-state index contributed by atoms with van der Waals surface area (Å²) in [6.45, 7) is 0. The lowest BCUT2D eigenvalue weighted by molar-refractivity contribution is -0.115. The number of hydrogen-bond acceptors (Lipinski definition) is 5. The topological polar surface area (TPSA) is 91.3 Å². The van der Waals surface area contributed by atoms with Gasteiger partial charge in [-0.2, -0.15) is 0 Å². The molecule has 6 nitrogen and oxygen atoms in total. The number of phenols is 1. The lowest BCUT2D eigenvalue weighted by Gasteiger charge is -2.05. The van der Waals surface area contributed by atoms with E-state index >= 15 is 0 Å². The smallest absolute Gasteiger partial charge is 0.275 e. The molecule has 1 heterocycles. The number of benzene rings is 2. The molecule has 0 aliphatic carbocycles. The molecule has 25 heavy (non-hydrogen) atoms. The second kappa shape index (κ2) is 7.59. The van der Waals surface area contributed by atoms with Crippen molar-refractivity contribution >= 4 is 34.0 Å². The van der Waals surface area contributed by atoms with Crippen LogP contribution in [0.3, 0.4) is 0 Å². The van der Waals surface area contributed by atoms with Gasteiger partial charge in [0.2, 0.25) is 5.91 Å². The van der Waals surface area contributed by atoms with Crippen LogP contribution in [0.2, 0.25) is 0 Å². The number of anilines is 2. The van der Waals surface area contributed by atoms with Crippen molar-refractivity contribution in [1.29, 1.82) is 0 Å². The van der Waals surface area contributed by atoms with Gasteiger partial charge in [-0.3, -0.25) is 9.59 Å². The maximum absolute atomic E-state index is 12.2. The Morgan fingerprint density at radius 2 is 1.72 bits per heavy atom. The molecule has 0 bridgehead atoms. The Bertz CT molecular complexity index is 893. The fourth-order valence-corrected chi connectivity index (χ4v) is 2.85. The average molecular weight is 353 g/mol. The van der Waals surface area contributed by atoms with Gasteiger partial charge in [-0.1, -0.05) is 42.5 Å². The van der Waals surface area contributed by atoms with Gasteiger partial charge in [0.15, 0.2) is 5.13 Å². The van der Waals surface area contributed by atoms with Crippen LogP contribution < -0.4 is 10.6 Å². The van der Waals surface area contributed by atoms with Gasteiger partial charge in [-0.25, -0.2) is 4.98 Å². The maximum atomic E-state index is 12.2. The van der Waals surface area contributed by atoms with Gasteiger partial charge < -0.3 is 15.7 Å². The molecule has 2 aromatic carbocycles. The number of aromatic nitrogens is 1. The summed E-state index contributed by atoms with van der Waals surface area (Å²) in [6.07, 6.45) is 0.236. The second-order valence-corrected chi connectivity index (χ2v) is 6.08. The number of amides is 2. The van der Waals surface area contributed by atoms with E-state index in [-0.39, 0.29) is 23.8 Å². The van der Waals surface area contributed by atoms with Crippen molar-refractivity contribution in [3.63, 3.8) is 0 Å². The first-order valence-corrected chi connectivity index (χ1v) is 8.38. The summed E-state index contributed by atoms with van der Waals surface area (Å²) in [4.78, 5) is 28.3. The second-order valence-electron chi connectivity index (χ2n) is 5.22. The molecular weight excluding hydrogens is 338 g/mol. The van der Waals surface area contributed by atoms with Crippen molar-refractivity contribution in [2.75, 3.05) is 10.6 Å². The molecule has 0 aliphatic rings. The zero-order valence-corrected chi connectivity index (χ0v) is 13.9. The minimum atomic E-state index is -0.457. The highest BCUT2D eigenvalue weighted by atomic mass is 32.1. The molecule has 3 rings (SSSR count). The molecule has 0 radical (unpaired) electrons. The highest BCUT2D eigenvalue weighted by Crippen LogP contribution is 2.23. The minimum absolute atomic E-state index is 0.0255. The summed E-state index contributed by atoms with van der Waals surface area (Å²) >= 11 is 1.17. The van der Waals surface area contributed by atoms with E-state index in [1.807, 2.05) is 30.3 Å². The number of phenolic OH excluding ortho intramolecular Hbond substituents is 1. The van der Waals surface area contributed by atoms with E-state index in [2.05, 4.69) is 15.6 Å². The number of carbonyl (C=O) groups excluding carboxylic acids is 2. The van der Waals surface area contributed by atoms with Crippen LogP contribution in [0.1, 0.15) is 16.1 Å². The van der Waals surface area contributed by atoms with E-state index < -0.39 is 5.91 Å². The third kappa shape index (κ3) is 4.42. The molecule has 3 aromatic rings. The van der Waals surface area contributed by atoms with Crippen molar-refractivity contribution in [2.45, 2.75) is 6.42 Å². The summed E-state index contributed by atoms with van der Waals surface area (Å²) in [7, 11) is 0. The van der Waals surface area contributed by atoms with Gasteiger partial charge in [-0.15, -0.1) is 11.3 Å². The van der Waals surface area contributed by atoms with E-state index in [0.717, 1.165) is 5.56 Å². The van der Waals surface area contributed by atoms with Gasteiger partial charge in [0.05, 0.1) is 12.1 Å². The Kier molecular flexibility index (Phi) is 5.06. The Morgan fingerprint density at radius 1 is 1.00 bits per heavy atom. The van der Waals surface area contributed by atoms with Gasteiger partial charge in [-0.05, 0) is 17.7 Å². The zero-order valence-electron chi connectivity index (χ0n) is 13.1. The normalized spacial score (nSPS) is 10.2. The van der Waals surface area contributed by atoms with Crippen LogP contribution in [0, 0.1) is 0 Å². The van der Waals surface area contributed by atoms with E-state index in [4.69, 9.17) is 0 Å². The molecule has 0 atom stereocenters. The monoisotopic (exact) mass is 353 g/mol. The third-order valence-corrected chi connectivity index (χ3v) is 4.10. The predicted octanol–water partition coefficient (Wildman–Crippen LogP) is 3.28. The largest absolute Gasteiger partial charge is 0.506 e. The first kappa shape index (κ1) is 16.7.